The molecule has 0 bridgehead atoms. The van der Waals surface area contributed by atoms with Gasteiger partial charge in [0.15, 0.2) is 5.56 Å². The van der Waals surface area contributed by atoms with Crippen LogP contribution < -0.4 is 16.6 Å². The Bertz CT molecular complexity index is 888. The van der Waals surface area contributed by atoms with Gasteiger partial charge in [-0.25, -0.2) is 9.59 Å². The molecule has 0 aliphatic carbocycles. The predicted molar refractivity (Wildman–Crippen MR) is 91.3 cm³/mol. The van der Waals surface area contributed by atoms with E-state index < -0.39 is 22.8 Å². The van der Waals surface area contributed by atoms with Crippen LogP contribution in [0, 0.1) is 3.57 Å². The molecule has 0 atom stereocenters. The van der Waals surface area contributed by atoms with Crippen molar-refractivity contribution in [3.8, 4) is 0 Å². The number of aromatic nitrogens is 2. The zero-order valence-corrected chi connectivity index (χ0v) is 14.5. The number of nitrogens with zero attached hydrogens (tertiary/aromatic N) is 2. The lowest BCUT2D eigenvalue weighted by Gasteiger charge is -2.15. The number of carboxylic acid groups (broad SMARTS) is 1. The fourth-order valence-corrected chi connectivity index (χ4v) is 2.80. The molecule has 0 aliphatic rings. The second kappa shape index (κ2) is 6.13. The summed E-state index contributed by atoms with van der Waals surface area (Å²) in [7, 11) is 2.59. The molecule has 2 aromatic rings. The Morgan fingerprint density at radius 1 is 1.27 bits per heavy atom. The highest BCUT2D eigenvalue weighted by Crippen LogP contribution is 2.27. The van der Waals surface area contributed by atoms with E-state index >= 15 is 0 Å². The molecular formula is C13H11ClIN3O4. The van der Waals surface area contributed by atoms with Gasteiger partial charge in [-0.1, -0.05) is 11.6 Å². The number of benzene rings is 1. The summed E-state index contributed by atoms with van der Waals surface area (Å²) >= 11 is 8.17. The van der Waals surface area contributed by atoms with Crippen LogP contribution in [0.15, 0.2) is 27.8 Å². The number of anilines is 2. The highest BCUT2D eigenvalue weighted by Gasteiger charge is 2.22. The predicted octanol–water partition coefficient (Wildman–Crippen LogP) is 1.78. The number of aromatic carboxylic acids is 1. The van der Waals surface area contributed by atoms with Crippen LogP contribution in [0.2, 0.25) is 5.02 Å². The summed E-state index contributed by atoms with van der Waals surface area (Å²) in [5, 5.41) is 12.4. The van der Waals surface area contributed by atoms with Crippen molar-refractivity contribution >= 4 is 51.7 Å². The molecule has 0 unspecified atom stereocenters. The topological polar surface area (TPSA) is 93.3 Å². The first kappa shape index (κ1) is 16.6. The summed E-state index contributed by atoms with van der Waals surface area (Å²) in [4.78, 5) is 35.4. The van der Waals surface area contributed by atoms with Crippen LogP contribution >= 0.6 is 34.2 Å². The van der Waals surface area contributed by atoms with Crippen molar-refractivity contribution in [1.29, 1.82) is 0 Å². The van der Waals surface area contributed by atoms with Crippen molar-refractivity contribution in [2.24, 2.45) is 14.1 Å². The van der Waals surface area contributed by atoms with E-state index in [4.69, 9.17) is 11.6 Å². The smallest absolute Gasteiger partial charge is 0.345 e. The van der Waals surface area contributed by atoms with E-state index in [0.717, 1.165) is 12.7 Å². The van der Waals surface area contributed by atoms with Gasteiger partial charge >= 0.3 is 11.7 Å². The largest absolute Gasteiger partial charge is 0.477 e. The average Bonchev–Trinajstić information content (AvgIpc) is 2.44. The van der Waals surface area contributed by atoms with Crippen molar-refractivity contribution in [2.75, 3.05) is 5.32 Å². The maximum absolute atomic E-state index is 12.0. The normalized spacial score (nSPS) is 10.5. The van der Waals surface area contributed by atoms with Crippen LogP contribution in [0.4, 0.5) is 11.5 Å². The third-order valence-electron chi connectivity index (χ3n) is 3.06. The molecular weight excluding hydrogens is 425 g/mol. The zero-order chi connectivity index (χ0) is 16.6. The minimum Gasteiger partial charge on any atom is -0.477 e. The van der Waals surface area contributed by atoms with Crippen LogP contribution in [0.5, 0.6) is 0 Å². The van der Waals surface area contributed by atoms with Gasteiger partial charge in [-0.15, -0.1) is 0 Å². The fraction of sp³-hybridized carbons (Fsp3) is 0.154. The summed E-state index contributed by atoms with van der Waals surface area (Å²) in [5.41, 5.74) is -1.66. The van der Waals surface area contributed by atoms with E-state index in [9.17, 15) is 19.5 Å². The Morgan fingerprint density at radius 2 is 1.91 bits per heavy atom. The van der Waals surface area contributed by atoms with Gasteiger partial charge in [0.05, 0.1) is 10.7 Å². The Labute approximate surface area is 143 Å². The van der Waals surface area contributed by atoms with Crippen molar-refractivity contribution in [3.63, 3.8) is 0 Å². The molecule has 1 aromatic heterocycles. The summed E-state index contributed by atoms with van der Waals surface area (Å²) in [6, 6.07) is 5.07. The highest BCUT2D eigenvalue weighted by atomic mass is 127. The molecule has 0 aliphatic heterocycles. The van der Waals surface area contributed by atoms with Crippen molar-refractivity contribution < 1.29 is 9.90 Å². The summed E-state index contributed by atoms with van der Waals surface area (Å²) < 4.78 is 2.69. The van der Waals surface area contributed by atoms with Gasteiger partial charge in [0.2, 0.25) is 0 Å². The molecule has 0 radical (unpaired) electrons. The number of hydrogen-bond donors (Lipinski definition) is 2. The maximum Gasteiger partial charge on any atom is 0.345 e. The Kier molecular flexibility index (Phi) is 4.61. The van der Waals surface area contributed by atoms with Gasteiger partial charge in [0, 0.05) is 17.7 Å². The number of rotatable bonds is 3. The van der Waals surface area contributed by atoms with E-state index in [-0.39, 0.29) is 5.82 Å². The van der Waals surface area contributed by atoms with E-state index in [2.05, 4.69) is 27.9 Å². The summed E-state index contributed by atoms with van der Waals surface area (Å²) in [6.07, 6.45) is 0. The Balaban J connectivity index is 2.72. The molecule has 2 rings (SSSR count). The minimum atomic E-state index is -1.43. The van der Waals surface area contributed by atoms with Gasteiger partial charge in [-0.3, -0.25) is 13.9 Å². The third kappa shape index (κ3) is 2.88. The monoisotopic (exact) mass is 435 g/mol. The zero-order valence-electron chi connectivity index (χ0n) is 11.6. The number of halogens is 2. The number of nitrogens with one attached hydrogen (secondary N) is 1. The first-order chi connectivity index (χ1) is 10.2. The maximum atomic E-state index is 12.0. The first-order valence-electron chi connectivity index (χ1n) is 5.99. The SMILES string of the molecule is Cn1c(Nc2ccc(I)cc2Cl)c(C(=O)O)c(=O)n(C)c1=O. The van der Waals surface area contributed by atoms with E-state index in [1.54, 1.807) is 18.2 Å². The standard InChI is InChI=1S/C13H11ClIN3O4/c1-17-10(16-8-4-3-6(15)5-7(8)14)9(12(20)21)11(19)18(2)13(17)22/h3-5,16H,1-2H3,(H,20,21). The van der Waals surface area contributed by atoms with Crippen molar-refractivity contribution in [3.05, 3.63) is 53.2 Å². The van der Waals surface area contributed by atoms with Crippen molar-refractivity contribution in [2.45, 2.75) is 0 Å². The molecule has 0 saturated carbocycles. The van der Waals surface area contributed by atoms with Gasteiger partial charge in [-0.2, -0.15) is 0 Å². The van der Waals surface area contributed by atoms with Gasteiger partial charge in [0.1, 0.15) is 5.82 Å². The van der Waals surface area contributed by atoms with Gasteiger partial charge < -0.3 is 10.4 Å². The molecule has 116 valence electrons. The molecule has 0 saturated heterocycles. The average molecular weight is 436 g/mol. The quantitative estimate of drug-likeness (QED) is 0.717. The Morgan fingerprint density at radius 3 is 2.45 bits per heavy atom. The Hall–Kier alpha value is -1.81. The molecule has 0 spiro atoms. The molecule has 0 fully saturated rings. The second-order valence-electron chi connectivity index (χ2n) is 4.48. The number of carboxylic acids is 1. The van der Waals surface area contributed by atoms with Gasteiger partial charge in [-0.05, 0) is 40.8 Å². The second-order valence-corrected chi connectivity index (χ2v) is 6.14. The van der Waals surface area contributed by atoms with Crippen LogP contribution in [-0.4, -0.2) is 20.2 Å². The summed E-state index contributed by atoms with van der Waals surface area (Å²) in [5.74, 6) is -1.55. The molecule has 22 heavy (non-hydrogen) atoms. The van der Waals surface area contributed by atoms with Gasteiger partial charge in [0.25, 0.3) is 5.56 Å². The fourth-order valence-electron chi connectivity index (χ4n) is 1.90. The molecule has 1 heterocycles. The summed E-state index contributed by atoms with van der Waals surface area (Å²) in [6.45, 7) is 0. The lowest BCUT2D eigenvalue weighted by atomic mass is 10.2. The van der Waals surface area contributed by atoms with E-state index in [1.165, 1.54) is 14.1 Å². The molecule has 2 N–H and O–H groups in total. The highest BCUT2D eigenvalue weighted by molar-refractivity contribution is 14.1. The molecule has 9 heteroatoms. The first-order valence-corrected chi connectivity index (χ1v) is 7.45. The van der Waals surface area contributed by atoms with Crippen LogP contribution in [0.25, 0.3) is 0 Å². The van der Waals surface area contributed by atoms with Crippen LogP contribution in [0.3, 0.4) is 0 Å². The van der Waals surface area contributed by atoms with Crippen LogP contribution in [-0.2, 0) is 14.1 Å². The molecule has 7 nitrogen and oxygen atoms in total. The molecule has 1 aromatic carbocycles. The van der Waals surface area contributed by atoms with E-state index in [1.807, 2.05) is 0 Å². The third-order valence-corrected chi connectivity index (χ3v) is 4.05. The minimum absolute atomic E-state index is 0.122. The lowest BCUT2D eigenvalue weighted by Crippen LogP contribution is -2.41. The van der Waals surface area contributed by atoms with Crippen molar-refractivity contribution in [1.82, 2.24) is 9.13 Å². The lowest BCUT2D eigenvalue weighted by molar-refractivity contribution is 0.0694. The number of hydrogen-bond acceptors (Lipinski definition) is 4. The van der Waals surface area contributed by atoms with Crippen LogP contribution in [0.1, 0.15) is 10.4 Å². The van der Waals surface area contributed by atoms with E-state index in [0.29, 0.717) is 10.7 Å². The molecule has 0 amide bonds. The number of carbonyl (C=O) groups is 1.